The van der Waals surface area contributed by atoms with Gasteiger partial charge < -0.3 is 15.2 Å². The molecular formula is C11H15FN2O2. The lowest BCUT2D eigenvalue weighted by atomic mass is 9.97. The Kier molecular flexibility index (Phi) is 3.07. The first-order chi connectivity index (χ1) is 7.60. The Hall–Kier alpha value is -1.20. The van der Waals surface area contributed by atoms with Crippen LogP contribution in [0.4, 0.5) is 10.2 Å². The van der Waals surface area contributed by atoms with E-state index in [4.69, 9.17) is 4.74 Å². The summed E-state index contributed by atoms with van der Waals surface area (Å²) in [6.45, 7) is 2.76. The number of hydrogen-bond acceptors (Lipinski definition) is 4. The molecule has 0 aliphatic carbocycles. The minimum absolute atomic E-state index is 0.194. The maximum absolute atomic E-state index is 12.6. The number of hydrogen-bond donors (Lipinski definition) is 2. The highest BCUT2D eigenvalue weighted by molar-refractivity contribution is 5.34. The fourth-order valence-corrected chi connectivity index (χ4v) is 1.73. The molecule has 88 valence electrons. The molecule has 2 rings (SSSR count). The molecular weight excluding hydrogens is 211 g/mol. The highest BCUT2D eigenvalue weighted by Crippen LogP contribution is 2.25. The summed E-state index contributed by atoms with van der Waals surface area (Å²) in [6, 6.07) is 2.87. The van der Waals surface area contributed by atoms with Gasteiger partial charge in [0.15, 0.2) is 0 Å². The maximum Gasteiger partial charge on any atom is 0.141 e. The van der Waals surface area contributed by atoms with Crippen LogP contribution in [0.5, 0.6) is 0 Å². The molecule has 2 atom stereocenters. The smallest absolute Gasteiger partial charge is 0.141 e. The second kappa shape index (κ2) is 4.35. The van der Waals surface area contributed by atoms with Crippen LogP contribution in [0.2, 0.25) is 0 Å². The lowest BCUT2D eigenvalue weighted by Gasteiger charge is -2.26. The van der Waals surface area contributed by atoms with Gasteiger partial charge in [0.05, 0.1) is 12.3 Å². The highest BCUT2D eigenvalue weighted by atomic mass is 19.1. The predicted octanol–water partition coefficient (Wildman–Crippen LogP) is 1.17. The van der Waals surface area contributed by atoms with E-state index in [0.717, 1.165) is 6.20 Å². The number of rotatable bonds is 3. The average Bonchev–Trinajstić information content (AvgIpc) is 2.59. The van der Waals surface area contributed by atoms with Crippen molar-refractivity contribution in [2.75, 3.05) is 18.5 Å². The predicted molar refractivity (Wildman–Crippen MR) is 57.7 cm³/mol. The van der Waals surface area contributed by atoms with Crippen LogP contribution in [-0.2, 0) is 4.74 Å². The Morgan fingerprint density at radius 1 is 1.69 bits per heavy atom. The number of anilines is 1. The molecule has 1 aliphatic rings. The van der Waals surface area contributed by atoms with Crippen molar-refractivity contribution >= 4 is 5.82 Å². The minimum Gasteiger partial charge on any atom is -0.385 e. The Bertz CT molecular complexity index is 358. The van der Waals surface area contributed by atoms with Gasteiger partial charge in [0, 0.05) is 19.6 Å². The van der Waals surface area contributed by atoms with Gasteiger partial charge in [-0.25, -0.2) is 9.37 Å². The van der Waals surface area contributed by atoms with Crippen LogP contribution in [-0.4, -0.2) is 34.9 Å². The summed E-state index contributed by atoms with van der Waals surface area (Å²) in [5.74, 6) is 0.177. The van der Waals surface area contributed by atoms with Gasteiger partial charge in [0.2, 0.25) is 0 Å². The second-order valence-corrected chi connectivity index (χ2v) is 4.08. The second-order valence-electron chi connectivity index (χ2n) is 4.08. The number of aliphatic hydroxyl groups is 1. The normalized spacial score (nSPS) is 29.3. The third kappa shape index (κ3) is 2.31. The quantitative estimate of drug-likeness (QED) is 0.812. The first-order valence-corrected chi connectivity index (χ1v) is 5.29. The number of ether oxygens (including phenoxy) is 1. The van der Waals surface area contributed by atoms with Crippen molar-refractivity contribution in [3.63, 3.8) is 0 Å². The molecule has 2 heterocycles. The van der Waals surface area contributed by atoms with Crippen LogP contribution >= 0.6 is 0 Å². The van der Waals surface area contributed by atoms with E-state index in [1.807, 2.05) is 6.92 Å². The molecule has 1 aliphatic heterocycles. The Morgan fingerprint density at radius 2 is 2.50 bits per heavy atom. The molecule has 0 bridgehead atoms. The largest absolute Gasteiger partial charge is 0.385 e. The van der Waals surface area contributed by atoms with E-state index in [2.05, 4.69) is 10.3 Å². The minimum atomic E-state index is -0.865. The summed E-state index contributed by atoms with van der Waals surface area (Å²) >= 11 is 0. The number of nitrogens with one attached hydrogen (secondary N) is 1. The molecule has 1 fully saturated rings. The van der Waals surface area contributed by atoms with Gasteiger partial charge in [-0.3, -0.25) is 0 Å². The van der Waals surface area contributed by atoms with E-state index in [-0.39, 0.29) is 11.9 Å². The molecule has 2 unspecified atom stereocenters. The van der Waals surface area contributed by atoms with Crippen LogP contribution in [0.1, 0.15) is 13.3 Å². The number of aromatic nitrogens is 1. The third-order valence-corrected chi connectivity index (χ3v) is 2.96. The van der Waals surface area contributed by atoms with Crippen molar-refractivity contribution in [1.29, 1.82) is 0 Å². The molecule has 2 N–H and O–H groups in total. The van der Waals surface area contributed by atoms with E-state index in [9.17, 15) is 9.50 Å². The zero-order valence-corrected chi connectivity index (χ0v) is 9.11. The maximum atomic E-state index is 12.6. The van der Waals surface area contributed by atoms with Gasteiger partial charge in [0.25, 0.3) is 0 Å². The van der Waals surface area contributed by atoms with Crippen LogP contribution in [0.3, 0.4) is 0 Å². The summed E-state index contributed by atoms with van der Waals surface area (Å²) in [5.41, 5.74) is -0.865. The number of pyridine rings is 1. The van der Waals surface area contributed by atoms with Gasteiger partial charge in [-0.1, -0.05) is 0 Å². The fraction of sp³-hybridized carbons (Fsp3) is 0.545. The Labute approximate surface area is 93.5 Å². The molecule has 1 aromatic heterocycles. The van der Waals surface area contributed by atoms with E-state index >= 15 is 0 Å². The van der Waals surface area contributed by atoms with Crippen LogP contribution in [0.25, 0.3) is 0 Å². The molecule has 0 spiro atoms. The molecule has 5 heteroatoms. The van der Waals surface area contributed by atoms with Crippen molar-refractivity contribution < 1.29 is 14.2 Å². The summed E-state index contributed by atoms with van der Waals surface area (Å²) in [5, 5.41) is 13.2. The SMILES string of the molecule is CC1OCCC1(O)CNc1ccc(F)cn1. The summed E-state index contributed by atoms with van der Waals surface area (Å²) in [7, 11) is 0. The molecule has 16 heavy (non-hydrogen) atoms. The zero-order chi connectivity index (χ0) is 11.6. The topological polar surface area (TPSA) is 54.4 Å². The molecule has 4 nitrogen and oxygen atoms in total. The first-order valence-electron chi connectivity index (χ1n) is 5.29. The van der Waals surface area contributed by atoms with Crippen molar-refractivity contribution in [1.82, 2.24) is 4.98 Å². The lowest BCUT2D eigenvalue weighted by Crippen LogP contribution is -2.43. The molecule has 1 saturated heterocycles. The molecule has 0 aromatic carbocycles. The molecule has 1 aromatic rings. The fourth-order valence-electron chi connectivity index (χ4n) is 1.73. The summed E-state index contributed by atoms with van der Waals surface area (Å²) < 4.78 is 17.9. The lowest BCUT2D eigenvalue weighted by molar-refractivity contribution is -0.0176. The van der Waals surface area contributed by atoms with E-state index in [1.165, 1.54) is 6.07 Å². The monoisotopic (exact) mass is 226 g/mol. The van der Waals surface area contributed by atoms with Crippen molar-refractivity contribution in [2.45, 2.75) is 25.0 Å². The van der Waals surface area contributed by atoms with Gasteiger partial charge in [-0.15, -0.1) is 0 Å². The van der Waals surface area contributed by atoms with Crippen LogP contribution < -0.4 is 5.32 Å². The Morgan fingerprint density at radius 3 is 3.06 bits per heavy atom. The molecule has 0 amide bonds. The van der Waals surface area contributed by atoms with E-state index in [0.29, 0.717) is 25.4 Å². The molecule has 0 radical (unpaired) electrons. The van der Waals surface area contributed by atoms with Gasteiger partial charge in [-0.2, -0.15) is 0 Å². The standard InChI is InChI=1S/C11H15FN2O2/c1-8-11(15,4-5-16-8)7-14-10-3-2-9(12)6-13-10/h2-3,6,8,15H,4-5,7H2,1H3,(H,13,14). The number of halogens is 1. The van der Waals surface area contributed by atoms with Crippen molar-refractivity contribution in [3.8, 4) is 0 Å². The van der Waals surface area contributed by atoms with E-state index < -0.39 is 5.60 Å². The third-order valence-electron chi connectivity index (χ3n) is 2.96. The number of nitrogens with zero attached hydrogens (tertiary/aromatic N) is 1. The van der Waals surface area contributed by atoms with Crippen LogP contribution in [0.15, 0.2) is 18.3 Å². The van der Waals surface area contributed by atoms with Gasteiger partial charge in [-0.05, 0) is 19.1 Å². The van der Waals surface area contributed by atoms with E-state index in [1.54, 1.807) is 6.07 Å². The summed E-state index contributed by atoms with van der Waals surface area (Å²) in [4.78, 5) is 3.86. The van der Waals surface area contributed by atoms with Crippen LogP contribution in [0, 0.1) is 5.82 Å². The first kappa shape index (κ1) is 11.3. The summed E-state index contributed by atoms with van der Waals surface area (Å²) in [6.07, 6.45) is 1.55. The van der Waals surface area contributed by atoms with Crippen molar-refractivity contribution in [2.24, 2.45) is 0 Å². The highest BCUT2D eigenvalue weighted by Gasteiger charge is 2.39. The Balaban J connectivity index is 1.94. The average molecular weight is 226 g/mol. The van der Waals surface area contributed by atoms with Crippen molar-refractivity contribution in [3.05, 3.63) is 24.1 Å². The van der Waals surface area contributed by atoms with Gasteiger partial charge in [0.1, 0.15) is 17.2 Å². The zero-order valence-electron chi connectivity index (χ0n) is 9.11. The molecule has 0 saturated carbocycles. The van der Waals surface area contributed by atoms with Gasteiger partial charge >= 0.3 is 0 Å².